The van der Waals surface area contributed by atoms with Crippen LogP contribution in [0.4, 0.5) is 0 Å². The van der Waals surface area contributed by atoms with E-state index in [-0.39, 0.29) is 0 Å². The van der Waals surface area contributed by atoms with E-state index in [9.17, 15) is 0 Å². The summed E-state index contributed by atoms with van der Waals surface area (Å²) in [5.41, 5.74) is 4.43. The molecule has 0 aromatic heterocycles. The van der Waals surface area contributed by atoms with E-state index in [2.05, 4.69) is 64.6 Å². The van der Waals surface area contributed by atoms with Crippen molar-refractivity contribution >= 4 is 27.7 Å². The monoisotopic (exact) mass is 361 g/mol. The van der Waals surface area contributed by atoms with Gasteiger partial charge in [0.05, 0.1) is 0 Å². The number of rotatable bonds is 4. The van der Waals surface area contributed by atoms with Crippen LogP contribution in [0.3, 0.4) is 0 Å². The van der Waals surface area contributed by atoms with Gasteiger partial charge in [0.1, 0.15) is 0 Å². The number of fused-ring (bicyclic) bond motifs is 1. The summed E-state index contributed by atoms with van der Waals surface area (Å²) >= 11 is 5.45. The van der Waals surface area contributed by atoms with Gasteiger partial charge >= 0.3 is 0 Å². The molecule has 1 nitrogen and oxygen atoms in total. The largest absolute Gasteiger partial charge is 0.313 e. The zero-order valence-electron chi connectivity index (χ0n) is 12.4. The van der Waals surface area contributed by atoms with Gasteiger partial charge < -0.3 is 5.32 Å². The molecule has 0 aliphatic heterocycles. The summed E-state index contributed by atoms with van der Waals surface area (Å²) in [7, 11) is 2.01. The summed E-state index contributed by atoms with van der Waals surface area (Å²) in [6.07, 6.45) is 3.80. The molecule has 0 radical (unpaired) electrons. The van der Waals surface area contributed by atoms with Gasteiger partial charge in [0.15, 0.2) is 0 Å². The van der Waals surface area contributed by atoms with Gasteiger partial charge in [-0.2, -0.15) is 0 Å². The molecule has 3 rings (SSSR count). The first kappa shape index (κ1) is 15.1. The van der Waals surface area contributed by atoms with E-state index in [0.717, 1.165) is 4.47 Å². The highest BCUT2D eigenvalue weighted by Gasteiger charge is 2.14. The zero-order chi connectivity index (χ0) is 14.8. The average Bonchev–Trinajstić information content (AvgIpc) is 2.96. The Morgan fingerprint density at radius 3 is 2.71 bits per heavy atom. The van der Waals surface area contributed by atoms with E-state index in [1.165, 1.54) is 34.6 Å². The van der Waals surface area contributed by atoms with Crippen molar-refractivity contribution in [3.63, 3.8) is 0 Å². The van der Waals surface area contributed by atoms with Crippen LogP contribution in [0.1, 0.15) is 36.1 Å². The number of hydrogen-bond donors (Lipinski definition) is 1. The second kappa shape index (κ2) is 6.55. The fourth-order valence-electron chi connectivity index (χ4n) is 2.84. The van der Waals surface area contributed by atoms with Crippen molar-refractivity contribution in [2.24, 2.45) is 0 Å². The predicted octanol–water partition coefficient (Wildman–Crippen LogP) is 5.37. The third kappa shape index (κ3) is 3.36. The lowest BCUT2D eigenvalue weighted by atomic mass is 10.1. The van der Waals surface area contributed by atoms with E-state index >= 15 is 0 Å². The molecule has 21 heavy (non-hydrogen) atoms. The third-order valence-corrected chi connectivity index (χ3v) is 5.74. The highest BCUT2D eigenvalue weighted by molar-refractivity contribution is 9.10. The van der Waals surface area contributed by atoms with E-state index < -0.39 is 0 Å². The number of halogens is 1. The third-order valence-electron chi connectivity index (χ3n) is 4.17. The highest BCUT2D eigenvalue weighted by atomic mass is 79.9. The Kier molecular flexibility index (Phi) is 4.72. The van der Waals surface area contributed by atoms with Gasteiger partial charge in [-0.05, 0) is 80.3 Å². The number of benzene rings is 2. The van der Waals surface area contributed by atoms with Gasteiger partial charge in [-0.15, -0.1) is 0 Å². The van der Waals surface area contributed by atoms with Gasteiger partial charge in [0.25, 0.3) is 0 Å². The average molecular weight is 362 g/mol. The molecule has 1 aliphatic carbocycles. The summed E-state index contributed by atoms with van der Waals surface area (Å²) < 4.78 is 1.14. The van der Waals surface area contributed by atoms with Crippen LogP contribution >= 0.6 is 27.7 Å². The van der Waals surface area contributed by atoms with Crippen molar-refractivity contribution in [1.82, 2.24) is 5.32 Å². The van der Waals surface area contributed by atoms with E-state index in [0.29, 0.717) is 6.04 Å². The van der Waals surface area contributed by atoms with Crippen LogP contribution in [-0.4, -0.2) is 7.05 Å². The maximum atomic E-state index is 3.58. The fourth-order valence-corrected chi connectivity index (χ4v) is 4.30. The van der Waals surface area contributed by atoms with Crippen molar-refractivity contribution < 1.29 is 0 Å². The van der Waals surface area contributed by atoms with Gasteiger partial charge in [0.2, 0.25) is 0 Å². The van der Waals surface area contributed by atoms with Crippen molar-refractivity contribution in [1.29, 1.82) is 0 Å². The number of nitrogens with one attached hydrogen (secondary N) is 1. The van der Waals surface area contributed by atoms with Crippen molar-refractivity contribution in [3.05, 3.63) is 57.6 Å². The molecule has 1 aliphatic rings. The standard InChI is InChI=1S/C18H20BrNS/c1-12(20-2)17-11-15(19)7-9-18(17)21-16-8-6-13-4-3-5-14(13)10-16/h6-12,20H,3-5H2,1-2H3. The predicted molar refractivity (Wildman–Crippen MR) is 94.2 cm³/mol. The summed E-state index contributed by atoms with van der Waals surface area (Å²) in [5, 5.41) is 3.34. The molecule has 0 bridgehead atoms. The lowest BCUT2D eigenvalue weighted by Crippen LogP contribution is -2.13. The Labute approximate surface area is 139 Å². The van der Waals surface area contributed by atoms with Crippen LogP contribution in [0.5, 0.6) is 0 Å². The summed E-state index contributed by atoms with van der Waals surface area (Å²) in [5.74, 6) is 0. The van der Waals surface area contributed by atoms with Crippen LogP contribution in [0.25, 0.3) is 0 Å². The van der Waals surface area contributed by atoms with Crippen molar-refractivity contribution in [2.75, 3.05) is 7.05 Å². The fraction of sp³-hybridized carbons (Fsp3) is 0.333. The topological polar surface area (TPSA) is 12.0 Å². The first-order valence-corrected chi connectivity index (χ1v) is 9.04. The SMILES string of the molecule is CNC(C)c1cc(Br)ccc1Sc1ccc2c(c1)CCC2. The Balaban J connectivity index is 1.91. The van der Waals surface area contributed by atoms with E-state index in [1.54, 1.807) is 11.1 Å². The van der Waals surface area contributed by atoms with Crippen LogP contribution < -0.4 is 5.32 Å². The smallest absolute Gasteiger partial charge is 0.0300 e. The number of hydrogen-bond acceptors (Lipinski definition) is 2. The van der Waals surface area contributed by atoms with E-state index in [1.807, 2.05) is 18.8 Å². The van der Waals surface area contributed by atoms with Crippen LogP contribution in [0, 0.1) is 0 Å². The molecule has 0 saturated heterocycles. The van der Waals surface area contributed by atoms with Crippen LogP contribution in [-0.2, 0) is 12.8 Å². The van der Waals surface area contributed by atoms with Crippen LogP contribution in [0.2, 0.25) is 0 Å². The normalized spacial score (nSPS) is 15.0. The van der Waals surface area contributed by atoms with Gasteiger partial charge in [-0.1, -0.05) is 33.8 Å². The summed E-state index contributed by atoms with van der Waals surface area (Å²) in [6, 6.07) is 13.9. The molecule has 1 N–H and O–H groups in total. The quantitative estimate of drug-likeness (QED) is 0.785. The first-order chi connectivity index (χ1) is 10.2. The Hall–Kier alpha value is -0.770. The molecule has 1 atom stereocenters. The minimum atomic E-state index is 0.347. The molecule has 0 amide bonds. The van der Waals surface area contributed by atoms with Gasteiger partial charge in [0, 0.05) is 20.3 Å². The molecule has 0 saturated carbocycles. The molecule has 0 heterocycles. The van der Waals surface area contributed by atoms with Crippen molar-refractivity contribution in [2.45, 2.75) is 42.0 Å². The summed E-state index contributed by atoms with van der Waals surface area (Å²) in [4.78, 5) is 2.68. The van der Waals surface area contributed by atoms with Gasteiger partial charge in [-0.3, -0.25) is 0 Å². The number of aryl methyl sites for hydroxylation is 2. The highest BCUT2D eigenvalue weighted by Crippen LogP contribution is 2.36. The molecule has 2 aromatic rings. The molecule has 2 aromatic carbocycles. The van der Waals surface area contributed by atoms with Crippen LogP contribution in [0.15, 0.2) is 50.7 Å². The maximum Gasteiger partial charge on any atom is 0.0300 e. The zero-order valence-corrected chi connectivity index (χ0v) is 14.9. The second-order valence-corrected chi connectivity index (χ2v) is 7.61. The second-order valence-electron chi connectivity index (χ2n) is 5.58. The molecule has 0 spiro atoms. The molecular formula is C18H20BrNS. The van der Waals surface area contributed by atoms with Crippen molar-refractivity contribution in [3.8, 4) is 0 Å². The minimum Gasteiger partial charge on any atom is -0.313 e. The minimum absolute atomic E-state index is 0.347. The lowest BCUT2D eigenvalue weighted by molar-refractivity contribution is 0.641. The first-order valence-electron chi connectivity index (χ1n) is 7.44. The Morgan fingerprint density at radius 1 is 1.10 bits per heavy atom. The van der Waals surface area contributed by atoms with E-state index in [4.69, 9.17) is 0 Å². The molecule has 0 fully saturated rings. The lowest BCUT2D eigenvalue weighted by Gasteiger charge is -2.16. The molecule has 110 valence electrons. The summed E-state index contributed by atoms with van der Waals surface area (Å²) in [6.45, 7) is 2.20. The van der Waals surface area contributed by atoms with Gasteiger partial charge in [-0.25, -0.2) is 0 Å². The molecular weight excluding hydrogens is 342 g/mol. The molecule has 1 unspecified atom stereocenters. The Morgan fingerprint density at radius 2 is 1.90 bits per heavy atom. The maximum absolute atomic E-state index is 3.58. The Bertz CT molecular complexity index is 654. The molecule has 3 heteroatoms.